The highest BCUT2D eigenvalue weighted by Gasteiger charge is 2.19. The van der Waals surface area contributed by atoms with Crippen LogP contribution >= 0.6 is 11.3 Å². The predicted molar refractivity (Wildman–Crippen MR) is 105 cm³/mol. The van der Waals surface area contributed by atoms with E-state index in [1.54, 1.807) is 30.0 Å². The van der Waals surface area contributed by atoms with E-state index in [0.717, 1.165) is 29.0 Å². The number of carbonyl (C=O) groups is 2. The maximum atomic E-state index is 13.9. The summed E-state index contributed by atoms with van der Waals surface area (Å²) in [5.41, 5.74) is 3.70. The first-order chi connectivity index (χ1) is 13.0. The van der Waals surface area contributed by atoms with Crippen molar-refractivity contribution in [2.75, 3.05) is 13.1 Å². The normalized spacial score (nSPS) is 15.6. The lowest BCUT2D eigenvalue weighted by Crippen LogP contribution is -2.39. The monoisotopic (exact) mass is 387 g/mol. The third-order valence-corrected chi connectivity index (χ3v) is 5.68. The summed E-state index contributed by atoms with van der Waals surface area (Å²) in [5, 5.41) is 4.13. The number of hydrazone groups is 1. The third kappa shape index (κ3) is 5.01. The van der Waals surface area contributed by atoms with Crippen LogP contribution in [-0.2, 0) is 9.59 Å². The van der Waals surface area contributed by atoms with Gasteiger partial charge < -0.3 is 4.90 Å². The highest BCUT2D eigenvalue weighted by atomic mass is 32.1. The van der Waals surface area contributed by atoms with E-state index in [9.17, 15) is 14.0 Å². The zero-order valence-corrected chi connectivity index (χ0v) is 16.0. The van der Waals surface area contributed by atoms with E-state index >= 15 is 0 Å². The molecule has 1 aliphatic heterocycles. The number of nitrogens with one attached hydrogen (secondary N) is 1. The number of rotatable bonds is 5. The highest BCUT2D eigenvalue weighted by molar-refractivity contribution is 7.17. The van der Waals surface area contributed by atoms with Crippen molar-refractivity contribution in [3.8, 4) is 10.4 Å². The molecule has 1 saturated heterocycles. The van der Waals surface area contributed by atoms with E-state index in [1.807, 2.05) is 12.1 Å². The zero-order valence-electron chi connectivity index (χ0n) is 15.2. The van der Waals surface area contributed by atoms with Crippen molar-refractivity contribution < 1.29 is 14.0 Å². The van der Waals surface area contributed by atoms with Gasteiger partial charge in [-0.1, -0.05) is 24.6 Å². The maximum absolute atomic E-state index is 13.9. The summed E-state index contributed by atoms with van der Waals surface area (Å²) < 4.78 is 13.9. The van der Waals surface area contributed by atoms with Crippen LogP contribution in [0.4, 0.5) is 4.39 Å². The molecule has 0 spiro atoms. The fourth-order valence-electron chi connectivity index (χ4n) is 2.95. The van der Waals surface area contributed by atoms with Crippen LogP contribution in [0.5, 0.6) is 0 Å². The lowest BCUT2D eigenvalue weighted by Gasteiger charge is -2.18. The summed E-state index contributed by atoms with van der Waals surface area (Å²) in [6, 6.07) is 10.3. The van der Waals surface area contributed by atoms with Crippen LogP contribution in [0.3, 0.4) is 0 Å². The first kappa shape index (κ1) is 19.2. The fourth-order valence-corrected chi connectivity index (χ4v) is 3.93. The Balaban J connectivity index is 1.61. The summed E-state index contributed by atoms with van der Waals surface area (Å²) in [7, 11) is 0. The fraction of sp³-hybridized carbons (Fsp3) is 0.350. The molecule has 0 atom stereocenters. The van der Waals surface area contributed by atoms with Gasteiger partial charge in [-0.2, -0.15) is 5.10 Å². The minimum absolute atomic E-state index is 0.0242. The van der Waals surface area contributed by atoms with Gasteiger partial charge in [-0.15, -0.1) is 11.3 Å². The minimum atomic E-state index is -0.310. The summed E-state index contributed by atoms with van der Waals surface area (Å²) in [4.78, 5) is 27.3. The molecule has 1 aliphatic rings. The SMILES string of the molecule is C/C(=N\NC(=O)CN1CCCCCC1=O)c1ccc(-c2ccccc2F)s1. The van der Waals surface area contributed by atoms with Gasteiger partial charge in [0.25, 0.3) is 5.91 Å². The second-order valence-electron chi connectivity index (χ2n) is 6.50. The standard InChI is InChI=1S/C20H22FN3O2S/c1-14(17-10-11-18(27-17)15-7-4-5-8-16(15)21)22-23-19(25)13-24-12-6-2-3-9-20(24)26/h4-5,7-8,10-11H,2-3,6,9,12-13H2,1H3,(H,23,25)/b22-14+. The highest BCUT2D eigenvalue weighted by Crippen LogP contribution is 2.30. The molecule has 5 nitrogen and oxygen atoms in total. The van der Waals surface area contributed by atoms with E-state index in [1.165, 1.54) is 17.4 Å². The summed E-state index contributed by atoms with van der Waals surface area (Å²) in [6.07, 6.45) is 3.33. The van der Waals surface area contributed by atoms with Gasteiger partial charge in [-0.25, -0.2) is 9.82 Å². The Morgan fingerprint density at radius 1 is 1.22 bits per heavy atom. The number of hydrogen-bond donors (Lipinski definition) is 1. The molecule has 2 amide bonds. The molecule has 1 aromatic carbocycles. The Morgan fingerprint density at radius 2 is 2.04 bits per heavy atom. The number of carbonyl (C=O) groups excluding carboxylic acids is 2. The van der Waals surface area contributed by atoms with Crippen molar-refractivity contribution in [2.45, 2.75) is 32.6 Å². The van der Waals surface area contributed by atoms with Crippen molar-refractivity contribution in [3.05, 3.63) is 47.1 Å². The Labute approximate surface area is 161 Å². The van der Waals surface area contributed by atoms with Crippen LogP contribution in [0.1, 0.15) is 37.5 Å². The number of benzene rings is 1. The number of likely N-dealkylation sites (tertiary alicyclic amines) is 1. The Kier molecular flexibility index (Phi) is 6.34. The Bertz CT molecular complexity index is 862. The van der Waals surface area contributed by atoms with E-state index in [0.29, 0.717) is 24.2 Å². The molecular formula is C20H22FN3O2S. The summed E-state index contributed by atoms with van der Waals surface area (Å²) >= 11 is 1.41. The quantitative estimate of drug-likeness (QED) is 0.627. The van der Waals surface area contributed by atoms with Gasteiger partial charge in [-0.3, -0.25) is 9.59 Å². The molecule has 0 bridgehead atoms. The van der Waals surface area contributed by atoms with Crippen LogP contribution in [0, 0.1) is 5.82 Å². The van der Waals surface area contributed by atoms with Gasteiger partial charge in [0.1, 0.15) is 12.4 Å². The molecule has 0 aliphatic carbocycles. The van der Waals surface area contributed by atoms with Gasteiger partial charge >= 0.3 is 0 Å². The van der Waals surface area contributed by atoms with Gasteiger partial charge in [0.2, 0.25) is 5.91 Å². The number of halogens is 1. The molecule has 1 N–H and O–H groups in total. The lowest BCUT2D eigenvalue weighted by molar-refractivity contribution is -0.135. The van der Waals surface area contributed by atoms with E-state index in [-0.39, 0.29) is 24.2 Å². The maximum Gasteiger partial charge on any atom is 0.259 e. The lowest BCUT2D eigenvalue weighted by atomic mass is 10.2. The van der Waals surface area contributed by atoms with E-state index in [2.05, 4.69) is 10.5 Å². The predicted octanol–water partition coefficient (Wildman–Crippen LogP) is 3.80. The molecule has 3 rings (SSSR count). The van der Waals surface area contributed by atoms with Crippen LogP contribution in [-0.4, -0.2) is 35.5 Å². The first-order valence-electron chi connectivity index (χ1n) is 9.00. The summed E-state index contributed by atoms with van der Waals surface area (Å²) in [5.74, 6) is -0.553. The topological polar surface area (TPSA) is 61.8 Å². The number of thiophene rings is 1. The summed E-state index contributed by atoms with van der Waals surface area (Å²) in [6.45, 7) is 2.43. The molecule has 1 fully saturated rings. The molecule has 0 unspecified atom stereocenters. The van der Waals surface area contributed by atoms with Gasteiger partial charge in [0, 0.05) is 23.4 Å². The van der Waals surface area contributed by atoms with Crippen LogP contribution in [0.2, 0.25) is 0 Å². The van der Waals surface area contributed by atoms with Crippen molar-refractivity contribution in [1.29, 1.82) is 0 Å². The van der Waals surface area contributed by atoms with Crippen LogP contribution in [0.15, 0.2) is 41.5 Å². The van der Waals surface area contributed by atoms with E-state index < -0.39 is 0 Å². The van der Waals surface area contributed by atoms with Crippen LogP contribution < -0.4 is 5.43 Å². The number of nitrogens with zero attached hydrogens (tertiary/aromatic N) is 2. The molecule has 27 heavy (non-hydrogen) atoms. The van der Waals surface area contributed by atoms with Crippen molar-refractivity contribution in [2.24, 2.45) is 5.10 Å². The van der Waals surface area contributed by atoms with Gasteiger partial charge in [-0.05, 0) is 38.0 Å². The first-order valence-corrected chi connectivity index (χ1v) is 9.82. The second-order valence-corrected chi connectivity index (χ2v) is 7.59. The molecule has 1 aromatic heterocycles. The smallest absolute Gasteiger partial charge is 0.259 e. The van der Waals surface area contributed by atoms with E-state index in [4.69, 9.17) is 0 Å². The molecular weight excluding hydrogens is 365 g/mol. The molecule has 7 heteroatoms. The minimum Gasteiger partial charge on any atom is -0.333 e. The Hall–Kier alpha value is -2.54. The van der Waals surface area contributed by atoms with Crippen molar-refractivity contribution in [1.82, 2.24) is 10.3 Å². The third-order valence-electron chi connectivity index (χ3n) is 4.46. The number of amides is 2. The average Bonchev–Trinajstić information content (AvgIpc) is 3.06. The number of hydrogen-bond acceptors (Lipinski definition) is 4. The molecule has 0 radical (unpaired) electrons. The average molecular weight is 387 g/mol. The Morgan fingerprint density at radius 3 is 2.85 bits per heavy atom. The van der Waals surface area contributed by atoms with Crippen molar-refractivity contribution in [3.63, 3.8) is 0 Å². The molecule has 2 heterocycles. The molecule has 0 saturated carbocycles. The van der Waals surface area contributed by atoms with Gasteiger partial charge in [0.05, 0.1) is 10.6 Å². The molecule has 2 aromatic rings. The molecule has 142 valence electrons. The van der Waals surface area contributed by atoms with Crippen molar-refractivity contribution >= 4 is 28.9 Å². The van der Waals surface area contributed by atoms with Gasteiger partial charge in [0.15, 0.2) is 0 Å². The van der Waals surface area contributed by atoms with Crippen LogP contribution in [0.25, 0.3) is 10.4 Å². The largest absolute Gasteiger partial charge is 0.333 e. The zero-order chi connectivity index (χ0) is 19.2. The second kappa shape index (κ2) is 8.90.